The lowest BCUT2D eigenvalue weighted by atomic mass is 10.1. The van der Waals surface area contributed by atoms with Gasteiger partial charge in [0.1, 0.15) is 0 Å². The van der Waals surface area contributed by atoms with Gasteiger partial charge in [-0.05, 0) is 36.2 Å². The maximum absolute atomic E-state index is 12.1. The standard InChI is InChI=1S/C16H15N3O/c1-11-4-2-3-5-12(11)8-16(20)19-13-6-7-14-15(9-13)18-10-17-14/h2-7,9-10H,8H2,1H3,(H,17,18)(H,19,20). The van der Waals surface area contributed by atoms with Crippen LogP contribution in [-0.2, 0) is 11.2 Å². The summed E-state index contributed by atoms with van der Waals surface area (Å²) in [6.45, 7) is 2.01. The largest absolute Gasteiger partial charge is 0.345 e. The monoisotopic (exact) mass is 265 g/mol. The number of carbonyl (C=O) groups is 1. The van der Waals surface area contributed by atoms with E-state index in [0.717, 1.165) is 27.8 Å². The highest BCUT2D eigenvalue weighted by molar-refractivity contribution is 5.94. The average Bonchev–Trinajstić information content (AvgIpc) is 2.89. The molecule has 3 rings (SSSR count). The Morgan fingerprint density at radius 3 is 2.95 bits per heavy atom. The number of anilines is 1. The number of benzene rings is 2. The third-order valence-electron chi connectivity index (χ3n) is 3.32. The van der Waals surface area contributed by atoms with Gasteiger partial charge in [-0.25, -0.2) is 4.98 Å². The fourth-order valence-electron chi connectivity index (χ4n) is 2.20. The summed E-state index contributed by atoms with van der Waals surface area (Å²) in [5.74, 6) is -0.0156. The van der Waals surface area contributed by atoms with Crippen LogP contribution >= 0.6 is 0 Å². The number of amides is 1. The molecule has 0 fully saturated rings. The molecule has 0 atom stereocenters. The number of aromatic nitrogens is 2. The number of imidazole rings is 1. The van der Waals surface area contributed by atoms with Gasteiger partial charge in [0.2, 0.25) is 5.91 Å². The van der Waals surface area contributed by atoms with Gasteiger partial charge in [0.15, 0.2) is 0 Å². The summed E-state index contributed by atoms with van der Waals surface area (Å²) in [6, 6.07) is 13.5. The van der Waals surface area contributed by atoms with Gasteiger partial charge in [-0.15, -0.1) is 0 Å². The van der Waals surface area contributed by atoms with Crippen LogP contribution in [0, 0.1) is 6.92 Å². The summed E-state index contributed by atoms with van der Waals surface area (Å²) in [5.41, 5.74) is 4.76. The van der Waals surface area contributed by atoms with Crippen molar-refractivity contribution >= 4 is 22.6 Å². The number of rotatable bonds is 3. The molecule has 0 unspecified atom stereocenters. The Labute approximate surface area is 116 Å². The molecule has 2 N–H and O–H groups in total. The molecule has 4 heteroatoms. The first-order chi connectivity index (χ1) is 9.72. The first-order valence-corrected chi connectivity index (χ1v) is 6.50. The van der Waals surface area contributed by atoms with Crippen LogP contribution in [0.15, 0.2) is 48.8 Å². The molecule has 1 amide bonds. The summed E-state index contributed by atoms with van der Waals surface area (Å²) in [5, 5.41) is 2.91. The number of H-pyrrole nitrogens is 1. The van der Waals surface area contributed by atoms with Gasteiger partial charge in [0.05, 0.1) is 23.8 Å². The zero-order valence-corrected chi connectivity index (χ0v) is 11.2. The van der Waals surface area contributed by atoms with E-state index in [-0.39, 0.29) is 5.91 Å². The van der Waals surface area contributed by atoms with E-state index in [2.05, 4.69) is 15.3 Å². The summed E-state index contributed by atoms with van der Waals surface area (Å²) < 4.78 is 0. The maximum atomic E-state index is 12.1. The van der Waals surface area contributed by atoms with Crippen LogP contribution in [0.4, 0.5) is 5.69 Å². The Hall–Kier alpha value is -2.62. The lowest BCUT2D eigenvalue weighted by Gasteiger charge is -2.07. The second kappa shape index (κ2) is 5.17. The molecular weight excluding hydrogens is 250 g/mol. The molecule has 0 aliphatic carbocycles. The third-order valence-corrected chi connectivity index (χ3v) is 3.32. The molecule has 1 aromatic heterocycles. The van der Waals surface area contributed by atoms with Gasteiger partial charge < -0.3 is 10.3 Å². The number of carbonyl (C=O) groups excluding carboxylic acids is 1. The molecule has 0 aliphatic rings. The highest BCUT2D eigenvalue weighted by atomic mass is 16.1. The van der Waals surface area contributed by atoms with E-state index in [9.17, 15) is 4.79 Å². The maximum Gasteiger partial charge on any atom is 0.228 e. The van der Waals surface area contributed by atoms with Crippen molar-refractivity contribution < 1.29 is 4.79 Å². The van der Waals surface area contributed by atoms with E-state index in [1.54, 1.807) is 6.33 Å². The van der Waals surface area contributed by atoms with Crippen LogP contribution in [0.3, 0.4) is 0 Å². The van der Waals surface area contributed by atoms with Crippen molar-refractivity contribution in [2.75, 3.05) is 5.32 Å². The number of aromatic amines is 1. The Morgan fingerprint density at radius 1 is 1.25 bits per heavy atom. The van der Waals surface area contributed by atoms with Crippen LogP contribution in [0.5, 0.6) is 0 Å². The molecule has 2 aromatic carbocycles. The minimum absolute atomic E-state index is 0.0156. The zero-order valence-electron chi connectivity index (χ0n) is 11.2. The molecule has 0 radical (unpaired) electrons. The van der Waals surface area contributed by atoms with Gasteiger partial charge in [0, 0.05) is 5.69 Å². The van der Waals surface area contributed by atoms with Crippen molar-refractivity contribution in [3.05, 3.63) is 59.9 Å². The quantitative estimate of drug-likeness (QED) is 0.764. The summed E-state index contributed by atoms with van der Waals surface area (Å²) >= 11 is 0. The second-order valence-corrected chi connectivity index (χ2v) is 4.79. The van der Waals surface area contributed by atoms with Crippen LogP contribution in [0.2, 0.25) is 0 Å². The summed E-state index contributed by atoms with van der Waals surface area (Å²) in [6.07, 6.45) is 2.03. The number of fused-ring (bicyclic) bond motifs is 1. The number of hydrogen-bond acceptors (Lipinski definition) is 2. The fourth-order valence-corrected chi connectivity index (χ4v) is 2.20. The van der Waals surface area contributed by atoms with Crippen molar-refractivity contribution in [3.8, 4) is 0 Å². The molecular formula is C16H15N3O. The molecule has 0 saturated heterocycles. The van der Waals surface area contributed by atoms with Crippen LogP contribution in [0.25, 0.3) is 11.0 Å². The van der Waals surface area contributed by atoms with Crippen LogP contribution < -0.4 is 5.32 Å². The molecule has 20 heavy (non-hydrogen) atoms. The lowest BCUT2D eigenvalue weighted by molar-refractivity contribution is -0.115. The average molecular weight is 265 g/mol. The molecule has 1 heterocycles. The van der Waals surface area contributed by atoms with E-state index in [0.29, 0.717) is 6.42 Å². The van der Waals surface area contributed by atoms with E-state index >= 15 is 0 Å². The van der Waals surface area contributed by atoms with Crippen molar-refractivity contribution in [1.29, 1.82) is 0 Å². The minimum Gasteiger partial charge on any atom is -0.345 e. The SMILES string of the molecule is Cc1ccccc1CC(=O)Nc1ccc2nc[nH]c2c1. The van der Waals surface area contributed by atoms with Crippen LogP contribution in [-0.4, -0.2) is 15.9 Å². The topological polar surface area (TPSA) is 57.8 Å². The summed E-state index contributed by atoms with van der Waals surface area (Å²) in [4.78, 5) is 19.3. The zero-order chi connectivity index (χ0) is 13.9. The minimum atomic E-state index is -0.0156. The van der Waals surface area contributed by atoms with Gasteiger partial charge >= 0.3 is 0 Å². The fraction of sp³-hybridized carbons (Fsp3) is 0.125. The molecule has 3 aromatic rings. The highest BCUT2D eigenvalue weighted by Gasteiger charge is 2.06. The van der Waals surface area contributed by atoms with Gasteiger partial charge in [0.25, 0.3) is 0 Å². The van der Waals surface area contributed by atoms with E-state index in [1.165, 1.54) is 0 Å². The normalized spacial score (nSPS) is 10.7. The van der Waals surface area contributed by atoms with E-state index < -0.39 is 0 Å². The number of nitrogens with zero attached hydrogens (tertiary/aromatic N) is 1. The first kappa shape index (κ1) is 12.4. The molecule has 0 bridgehead atoms. The Morgan fingerprint density at radius 2 is 2.10 bits per heavy atom. The first-order valence-electron chi connectivity index (χ1n) is 6.50. The van der Waals surface area contributed by atoms with E-state index in [1.807, 2.05) is 49.4 Å². The number of nitrogens with one attached hydrogen (secondary N) is 2. The molecule has 0 aliphatic heterocycles. The predicted octanol–water partition coefficient (Wildman–Crippen LogP) is 3.05. The smallest absolute Gasteiger partial charge is 0.228 e. The van der Waals surface area contributed by atoms with Crippen LogP contribution in [0.1, 0.15) is 11.1 Å². The molecule has 4 nitrogen and oxygen atoms in total. The van der Waals surface area contributed by atoms with Crippen molar-refractivity contribution in [1.82, 2.24) is 9.97 Å². The Kier molecular flexibility index (Phi) is 3.21. The van der Waals surface area contributed by atoms with Crippen molar-refractivity contribution in [2.24, 2.45) is 0 Å². The second-order valence-electron chi connectivity index (χ2n) is 4.79. The van der Waals surface area contributed by atoms with Gasteiger partial charge in [-0.1, -0.05) is 24.3 Å². The lowest BCUT2D eigenvalue weighted by Crippen LogP contribution is -2.14. The predicted molar refractivity (Wildman–Crippen MR) is 79.6 cm³/mol. The van der Waals surface area contributed by atoms with Gasteiger partial charge in [-0.3, -0.25) is 4.79 Å². The Bertz CT molecular complexity index is 761. The molecule has 100 valence electrons. The third kappa shape index (κ3) is 2.54. The molecule has 0 saturated carbocycles. The number of aryl methyl sites for hydroxylation is 1. The number of hydrogen-bond donors (Lipinski definition) is 2. The summed E-state index contributed by atoms with van der Waals surface area (Å²) in [7, 11) is 0. The van der Waals surface area contributed by atoms with Crippen molar-refractivity contribution in [3.63, 3.8) is 0 Å². The Balaban J connectivity index is 1.74. The van der Waals surface area contributed by atoms with Gasteiger partial charge in [-0.2, -0.15) is 0 Å². The highest BCUT2D eigenvalue weighted by Crippen LogP contribution is 2.16. The molecule has 0 spiro atoms. The van der Waals surface area contributed by atoms with Crippen molar-refractivity contribution in [2.45, 2.75) is 13.3 Å². The van der Waals surface area contributed by atoms with E-state index in [4.69, 9.17) is 0 Å².